The maximum Gasteiger partial charge on any atom is 0.433 e. The summed E-state index contributed by atoms with van der Waals surface area (Å²) in [7, 11) is 0. The number of aromatic nitrogens is 1. The van der Waals surface area contributed by atoms with E-state index in [0.717, 1.165) is 18.3 Å². The number of furan rings is 1. The van der Waals surface area contributed by atoms with Crippen molar-refractivity contribution >= 4 is 23.2 Å². The van der Waals surface area contributed by atoms with Gasteiger partial charge in [0.2, 0.25) is 0 Å². The van der Waals surface area contributed by atoms with Crippen LogP contribution in [0.1, 0.15) is 26.6 Å². The molecule has 2 heterocycles. The maximum absolute atomic E-state index is 12.5. The molecule has 138 valence electrons. The number of benzene rings is 1. The summed E-state index contributed by atoms with van der Waals surface area (Å²) in [6.07, 6.45) is -2.33. The molecule has 3 aromatic rings. The molecule has 27 heavy (non-hydrogen) atoms. The lowest BCUT2D eigenvalue weighted by Gasteiger charge is -2.08. The van der Waals surface area contributed by atoms with Crippen molar-refractivity contribution < 1.29 is 27.2 Å². The topological polar surface area (TPSA) is 84.2 Å². The summed E-state index contributed by atoms with van der Waals surface area (Å²) in [5, 5.41) is 5.15. The molecule has 0 bridgehead atoms. The Labute approximate surface area is 151 Å². The Morgan fingerprint density at radius 1 is 0.889 bits per heavy atom. The largest absolute Gasteiger partial charge is 0.459 e. The Morgan fingerprint density at radius 2 is 1.52 bits per heavy atom. The van der Waals surface area contributed by atoms with Gasteiger partial charge in [0.1, 0.15) is 5.69 Å². The number of halogens is 3. The fourth-order valence-electron chi connectivity index (χ4n) is 2.14. The van der Waals surface area contributed by atoms with Gasteiger partial charge in [-0.05, 0) is 48.5 Å². The summed E-state index contributed by atoms with van der Waals surface area (Å²) in [5.74, 6) is -0.876. The van der Waals surface area contributed by atoms with Crippen LogP contribution in [0.25, 0.3) is 0 Å². The van der Waals surface area contributed by atoms with Crippen LogP contribution < -0.4 is 10.6 Å². The van der Waals surface area contributed by atoms with Gasteiger partial charge in [0, 0.05) is 17.6 Å². The summed E-state index contributed by atoms with van der Waals surface area (Å²) in [6.45, 7) is 0. The molecule has 0 aliphatic heterocycles. The Hall–Kier alpha value is -3.62. The molecule has 2 amide bonds. The number of nitrogens with one attached hydrogen (secondary N) is 2. The van der Waals surface area contributed by atoms with E-state index in [1.54, 1.807) is 18.2 Å². The van der Waals surface area contributed by atoms with Crippen LogP contribution in [0.2, 0.25) is 0 Å². The molecular formula is C18H12F3N3O3. The van der Waals surface area contributed by atoms with Gasteiger partial charge >= 0.3 is 6.18 Å². The third kappa shape index (κ3) is 4.51. The lowest BCUT2D eigenvalue weighted by atomic mass is 10.2. The van der Waals surface area contributed by atoms with Crippen LogP contribution in [0.4, 0.5) is 24.5 Å². The Balaban J connectivity index is 1.62. The van der Waals surface area contributed by atoms with Crippen LogP contribution in [0.3, 0.4) is 0 Å². The monoisotopic (exact) mass is 375 g/mol. The first-order valence-corrected chi connectivity index (χ1v) is 7.62. The van der Waals surface area contributed by atoms with Crippen molar-refractivity contribution in [2.75, 3.05) is 10.6 Å². The van der Waals surface area contributed by atoms with Gasteiger partial charge in [0.15, 0.2) is 5.76 Å². The van der Waals surface area contributed by atoms with Crippen LogP contribution in [-0.4, -0.2) is 16.8 Å². The summed E-state index contributed by atoms with van der Waals surface area (Å²) < 4.78 is 42.4. The lowest BCUT2D eigenvalue weighted by Crippen LogP contribution is -2.14. The number of pyridine rings is 1. The highest BCUT2D eigenvalue weighted by Crippen LogP contribution is 2.27. The molecule has 0 saturated carbocycles. The predicted molar refractivity (Wildman–Crippen MR) is 90.3 cm³/mol. The molecule has 0 unspecified atom stereocenters. The highest BCUT2D eigenvalue weighted by Gasteiger charge is 2.32. The highest BCUT2D eigenvalue weighted by atomic mass is 19.4. The van der Waals surface area contributed by atoms with Crippen molar-refractivity contribution in [1.29, 1.82) is 0 Å². The first-order chi connectivity index (χ1) is 12.8. The summed E-state index contributed by atoms with van der Waals surface area (Å²) in [4.78, 5) is 27.2. The lowest BCUT2D eigenvalue weighted by molar-refractivity contribution is -0.141. The normalized spacial score (nSPS) is 11.1. The molecule has 0 aliphatic rings. The zero-order chi connectivity index (χ0) is 19.4. The van der Waals surface area contributed by atoms with E-state index in [2.05, 4.69) is 15.6 Å². The molecule has 1 aromatic carbocycles. The van der Waals surface area contributed by atoms with Crippen LogP contribution in [0.5, 0.6) is 0 Å². The van der Waals surface area contributed by atoms with Crippen molar-refractivity contribution in [2.45, 2.75) is 6.18 Å². The molecule has 0 saturated heterocycles. The molecule has 0 aliphatic carbocycles. The molecule has 2 N–H and O–H groups in total. The maximum atomic E-state index is 12.5. The van der Waals surface area contributed by atoms with Crippen molar-refractivity contribution in [2.24, 2.45) is 0 Å². The Kier molecular flexibility index (Phi) is 4.93. The van der Waals surface area contributed by atoms with E-state index < -0.39 is 23.7 Å². The average molecular weight is 375 g/mol. The van der Waals surface area contributed by atoms with Gasteiger partial charge in [-0.3, -0.25) is 14.6 Å². The number of nitrogens with zero attached hydrogens (tertiary/aromatic N) is 1. The molecule has 3 rings (SSSR count). The van der Waals surface area contributed by atoms with Crippen LogP contribution in [0, 0.1) is 0 Å². The van der Waals surface area contributed by atoms with Crippen molar-refractivity contribution in [3.63, 3.8) is 0 Å². The van der Waals surface area contributed by atoms with Crippen molar-refractivity contribution in [3.05, 3.63) is 78.0 Å². The molecule has 2 aromatic heterocycles. The fraction of sp³-hybridized carbons (Fsp3) is 0.0556. The second-order valence-electron chi connectivity index (χ2n) is 5.39. The zero-order valence-electron chi connectivity index (χ0n) is 13.6. The van der Waals surface area contributed by atoms with E-state index >= 15 is 0 Å². The van der Waals surface area contributed by atoms with Gasteiger partial charge in [-0.15, -0.1) is 0 Å². The van der Waals surface area contributed by atoms with Crippen LogP contribution >= 0.6 is 0 Å². The van der Waals surface area contributed by atoms with Crippen LogP contribution in [-0.2, 0) is 6.18 Å². The number of carbonyl (C=O) groups excluding carboxylic acids is 2. The second kappa shape index (κ2) is 7.32. The predicted octanol–water partition coefficient (Wildman–Crippen LogP) is 4.20. The molecular weight excluding hydrogens is 363 g/mol. The third-order valence-corrected chi connectivity index (χ3v) is 3.46. The van der Waals surface area contributed by atoms with E-state index in [4.69, 9.17) is 4.42 Å². The number of hydrogen-bond acceptors (Lipinski definition) is 4. The Bertz CT molecular complexity index is 935. The van der Waals surface area contributed by atoms with Crippen molar-refractivity contribution in [1.82, 2.24) is 4.98 Å². The van der Waals surface area contributed by atoms with E-state index in [9.17, 15) is 22.8 Å². The highest BCUT2D eigenvalue weighted by molar-refractivity contribution is 6.04. The minimum absolute atomic E-state index is 0.0156. The number of carbonyl (C=O) groups is 2. The van der Waals surface area contributed by atoms with Gasteiger partial charge < -0.3 is 15.1 Å². The minimum Gasteiger partial charge on any atom is -0.459 e. The van der Waals surface area contributed by atoms with E-state index in [-0.39, 0.29) is 11.3 Å². The minimum atomic E-state index is -4.56. The standard InChI is InChI=1S/C18H12F3N3O3/c19-18(20,21)15-8-3-11(10-22-15)16(25)23-12-4-6-13(7-5-12)24-17(26)14-2-1-9-27-14/h1-10H,(H,23,25)(H,24,26). The summed E-state index contributed by atoms with van der Waals surface area (Å²) in [5.41, 5.74) is -0.213. The van der Waals surface area contributed by atoms with E-state index in [1.165, 1.54) is 24.5 Å². The second-order valence-corrected chi connectivity index (χ2v) is 5.39. The zero-order valence-corrected chi connectivity index (χ0v) is 13.6. The Morgan fingerprint density at radius 3 is 2.00 bits per heavy atom. The van der Waals surface area contributed by atoms with Gasteiger partial charge in [0.25, 0.3) is 11.8 Å². The molecule has 0 atom stereocenters. The van der Waals surface area contributed by atoms with Gasteiger partial charge in [0.05, 0.1) is 11.8 Å². The van der Waals surface area contributed by atoms with Gasteiger partial charge in [-0.2, -0.15) is 13.2 Å². The van der Waals surface area contributed by atoms with E-state index in [1.807, 2.05) is 0 Å². The smallest absolute Gasteiger partial charge is 0.433 e. The molecule has 0 spiro atoms. The molecule has 0 radical (unpaired) electrons. The first kappa shape index (κ1) is 18.2. The molecule has 0 fully saturated rings. The average Bonchev–Trinajstić information content (AvgIpc) is 3.17. The SMILES string of the molecule is O=C(Nc1ccc(NC(=O)c2ccco2)cc1)c1ccc(C(F)(F)F)nc1. The quantitative estimate of drug-likeness (QED) is 0.716. The van der Waals surface area contributed by atoms with Gasteiger partial charge in [-0.1, -0.05) is 0 Å². The van der Waals surface area contributed by atoms with Crippen molar-refractivity contribution in [3.8, 4) is 0 Å². The van der Waals surface area contributed by atoms with E-state index in [0.29, 0.717) is 11.4 Å². The first-order valence-electron chi connectivity index (χ1n) is 7.62. The number of rotatable bonds is 4. The summed E-state index contributed by atoms with van der Waals surface area (Å²) >= 11 is 0. The number of hydrogen-bond donors (Lipinski definition) is 2. The fourth-order valence-corrected chi connectivity index (χ4v) is 2.14. The number of anilines is 2. The van der Waals surface area contributed by atoms with Crippen LogP contribution in [0.15, 0.2) is 65.4 Å². The molecule has 6 nitrogen and oxygen atoms in total. The molecule has 9 heteroatoms. The third-order valence-electron chi connectivity index (χ3n) is 3.46. The summed E-state index contributed by atoms with van der Waals surface area (Å²) in [6, 6.07) is 11.1. The number of amides is 2. The van der Waals surface area contributed by atoms with Gasteiger partial charge in [-0.25, -0.2) is 0 Å². The number of alkyl halides is 3.